The Labute approximate surface area is 191 Å². The first kappa shape index (κ1) is 24.6. The quantitative estimate of drug-likeness (QED) is 0.394. The number of carbonyl (C=O) groups excluding carboxylic acids is 1. The first-order chi connectivity index (χ1) is 15.6. The van der Waals surface area contributed by atoms with Gasteiger partial charge in [0.25, 0.3) is 0 Å². The molecule has 0 aliphatic rings. The molecule has 0 amide bonds. The third kappa shape index (κ3) is 6.07. The highest BCUT2D eigenvalue weighted by molar-refractivity contribution is 5.87. The van der Waals surface area contributed by atoms with Crippen molar-refractivity contribution in [1.82, 2.24) is 4.57 Å². The molecule has 33 heavy (non-hydrogen) atoms. The highest BCUT2D eigenvalue weighted by atomic mass is 19.4. The Hall–Kier alpha value is -3.00. The van der Waals surface area contributed by atoms with E-state index >= 15 is 0 Å². The lowest BCUT2D eigenvalue weighted by Gasteiger charge is -2.16. The zero-order valence-corrected chi connectivity index (χ0v) is 19.2. The van der Waals surface area contributed by atoms with Gasteiger partial charge in [-0.05, 0) is 62.1 Å². The number of hydrogen-bond donors (Lipinski definition) is 0. The SMILES string of the molecule is CCOC(=O)C(Cc1cccc(Cc2c(C)n(C)c3ccc(OC(F)(F)F)cc23)c1)OCC. The van der Waals surface area contributed by atoms with Crippen LogP contribution >= 0.6 is 0 Å². The Bertz CT molecular complexity index is 1120. The summed E-state index contributed by atoms with van der Waals surface area (Å²) in [6, 6.07) is 12.1. The Morgan fingerprint density at radius 3 is 2.45 bits per heavy atom. The molecule has 0 N–H and O–H groups in total. The molecule has 1 unspecified atom stereocenters. The molecule has 178 valence electrons. The second kappa shape index (κ2) is 10.3. The number of carbonyl (C=O) groups is 1. The van der Waals surface area contributed by atoms with Gasteiger partial charge in [-0.1, -0.05) is 24.3 Å². The van der Waals surface area contributed by atoms with Crippen molar-refractivity contribution in [1.29, 1.82) is 0 Å². The number of fused-ring (bicyclic) bond motifs is 1. The molecule has 0 saturated heterocycles. The maximum atomic E-state index is 12.7. The van der Waals surface area contributed by atoms with E-state index in [2.05, 4.69) is 4.74 Å². The summed E-state index contributed by atoms with van der Waals surface area (Å²) in [6.07, 6.45) is -4.54. The summed E-state index contributed by atoms with van der Waals surface area (Å²) in [6.45, 7) is 6.18. The van der Waals surface area contributed by atoms with Gasteiger partial charge in [-0.25, -0.2) is 4.79 Å². The number of aromatic nitrogens is 1. The molecule has 0 radical (unpaired) electrons. The lowest BCUT2D eigenvalue weighted by Crippen LogP contribution is -2.29. The molecule has 5 nitrogen and oxygen atoms in total. The van der Waals surface area contributed by atoms with Crippen LogP contribution in [0.25, 0.3) is 10.9 Å². The number of nitrogens with zero attached hydrogens (tertiary/aromatic N) is 1. The number of halogens is 3. The average molecular weight is 463 g/mol. The Kier molecular flexibility index (Phi) is 7.68. The number of ether oxygens (including phenoxy) is 3. The normalized spacial score (nSPS) is 12.7. The minimum Gasteiger partial charge on any atom is -0.464 e. The Morgan fingerprint density at radius 1 is 1.06 bits per heavy atom. The molecule has 2 aromatic carbocycles. The van der Waals surface area contributed by atoms with Gasteiger partial charge < -0.3 is 18.8 Å². The maximum absolute atomic E-state index is 12.7. The van der Waals surface area contributed by atoms with E-state index in [1.807, 2.05) is 49.7 Å². The Balaban J connectivity index is 1.90. The van der Waals surface area contributed by atoms with Crippen LogP contribution in [0, 0.1) is 6.92 Å². The molecular formula is C25H28F3NO4. The van der Waals surface area contributed by atoms with Gasteiger partial charge in [-0.3, -0.25) is 0 Å². The molecule has 0 saturated carbocycles. The molecule has 1 aromatic heterocycles. The minimum atomic E-state index is -4.75. The topological polar surface area (TPSA) is 49.7 Å². The van der Waals surface area contributed by atoms with Crippen molar-refractivity contribution >= 4 is 16.9 Å². The molecule has 8 heteroatoms. The number of alkyl halides is 3. The van der Waals surface area contributed by atoms with E-state index in [0.29, 0.717) is 24.8 Å². The smallest absolute Gasteiger partial charge is 0.464 e. The van der Waals surface area contributed by atoms with Gasteiger partial charge in [0, 0.05) is 36.7 Å². The molecule has 0 aliphatic heterocycles. The summed E-state index contributed by atoms with van der Waals surface area (Å²) in [5.41, 5.74) is 4.59. The molecule has 3 aromatic rings. The number of hydrogen-bond acceptors (Lipinski definition) is 4. The van der Waals surface area contributed by atoms with Gasteiger partial charge in [0.1, 0.15) is 5.75 Å². The van der Waals surface area contributed by atoms with Crippen molar-refractivity contribution in [2.24, 2.45) is 7.05 Å². The molecule has 3 rings (SSSR count). The number of esters is 1. The van der Waals surface area contributed by atoms with E-state index in [1.54, 1.807) is 13.0 Å². The summed E-state index contributed by atoms with van der Waals surface area (Å²) in [5, 5.41) is 0.709. The maximum Gasteiger partial charge on any atom is 0.573 e. The fourth-order valence-electron chi connectivity index (χ4n) is 3.98. The zero-order valence-electron chi connectivity index (χ0n) is 19.2. The van der Waals surface area contributed by atoms with Crippen LogP contribution in [0.1, 0.15) is 36.2 Å². The van der Waals surface area contributed by atoms with Crippen molar-refractivity contribution < 1.29 is 32.2 Å². The summed E-state index contributed by atoms with van der Waals surface area (Å²) in [4.78, 5) is 12.2. The van der Waals surface area contributed by atoms with Crippen LogP contribution in [-0.2, 0) is 34.2 Å². The van der Waals surface area contributed by atoms with Crippen LogP contribution < -0.4 is 4.74 Å². The van der Waals surface area contributed by atoms with Crippen LogP contribution in [-0.4, -0.2) is 36.2 Å². The molecule has 1 atom stereocenters. The summed E-state index contributed by atoms with van der Waals surface area (Å²) in [7, 11) is 1.88. The van der Waals surface area contributed by atoms with Crippen molar-refractivity contribution in [3.63, 3.8) is 0 Å². The summed E-state index contributed by atoms with van der Waals surface area (Å²) in [5.74, 6) is -0.642. The van der Waals surface area contributed by atoms with Gasteiger partial charge in [0.05, 0.1) is 6.61 Å². The highest BCUT2D eigenvalue weighted by Gasteiger charge is 2.31. The van der Waals surface area contributed by atoms with Gasteiger partial charge in [0.15, 0.2) is 6.10 Å². The van der Waals surface area contributed by atoms with E-state index in [0.717, 1.165) is 27.9 Å². The molecular weight excluding hydrogens is 435 g/mol. The largest absolute Gasteiger partial charge is 0.573 e. The fraction of sp³-hybridized carbons (Fsp3) is 0.400. The van der Waals surface area contributed by atoms with Gasteiger partial charge in [0.2, 0.25) is 0 Å². The summed E-state index contributed by atoms with van der Waals surface area (Å²) < 4.78 is 54.9. The minimum absolute atomic E-state index is 0.246. The lowest BCUT2D eigenvalue weighted by molar-refractivity contribution is -0.274. The van der Waals surface area contributed by atoms with Gasteiger partial charge in [-0.15, -0.1) is 13.2 Å². The average Bonchev–Trinajstić information content (AvgIpc) is 2.97. The predicted octanol–water partition coefficient (Wildman–Crippen LogP) is 5.49. The molecule has 1 heterocycles. The second-order valence-electron chi connectivity index (χ2n) is 7.75. The van der Waals surface area contributed by atoms with Gasteiger partial charge >= 0.3 is 12.3 Å². The van der Waals surface area contributed by atoms with Gasteiger partial charge in [-0.2, -0.15) is 0 Å². The molecule has 0 aliphatic carbocycles. The number of aryl methyl sites for hydroxylation is 1. The predicted molar refractivity (Wildman–Crippen MR) is 119 cm³/mol. The number of benzene rings is 2. The molecule has 0 bridgehead atoms. The number of rotatable bonds is 9. The Morgan fingerprint density at radius 2 is 1.79 bits per heavy atom. The van der Waals surface area contributed by atoms with E-state index in [4.69, 9.17) is 9.47 Å². The first-order valence-corrected chi connectivity index (χ1v) is 10.8. The third-order valence-corrected chi connectivity index (χ3v) is 5.54. The van der Waals surface area contributed by atoms with Crippen LogP contribution in [0.3, 0.4) is 0 Å². The molecule has 0 spiro atoms. The van der Waals surface area contributed by atoms with E-state index in [9.17, 15) is 18.0 Å². The van der Waals surface area contributed by atoms with Crippen LogP contribution in [0.2, 0.25) is 0 Å². The van der Waals surface area contributed by atoms with Crippen LogP contribution in [0.15, 0.2) is 42.5 Å². The molecule has 0 fully saturated rings. The third-order valence-electron chi connectivity index (χ3n) is 5.54. The van der Waals surface area contributed by atoms with Crippen LogP contribution in [0.5, 0.6) is 5.75 Å². The zero-order chi connectivity index (χ0) is 24.2. The van der Waals surface area contributed by atoms with Crippen molar-refractivity contribution in [2.45, 2.75) is 46.1 Å². The van der Waals surface area contributed by atoms with Crippen LogP contribution in [0.4, 0.5) is 13.2 Å². The summed E-state index contributed by atoms with van der Waals surface area (Å²) >= 11 is 0. The van der Waals surface area contributed by atoms with Crippen molar-refractivity contribution in [3.05, 3.63) is 64.8 Å². The van der Waals surface area contributed by atoms with Crippen molar-refractivity contribution in [2.75, 3.05) is 13.2 Å². The second-order valence-corrected chi connectivity index (χ2v) is 7.75. The fourth-order valence-corrected chi connectivity index (χ4v) is 3.98. The first-order valence-electron chi connectivity index (χ1n) is 10.8. The monoisotopic (exact) mass is 463 g/mol. The van der Waals surface area contributed by atoms with E-state index in [-0.39, 0.29) is 12.4 Å². The van der Waals surface area contributed by atoms with Crippen molar-refractivity contribution in [3.8, 4) is 5.75 Å². The van der Waals surface area contributed by atoms with E-state index < -0.39 is 18.4 Å². The highest BCUT2D eigenvalue weighted by Crippen LogP contribution is 2.32. The lowest BCUT2D eigenvalue weighted by atomic mass is 9.98. The standard InChI is InChI=1S/C25H28F3NO4/c1-5-31-23(24(30)32-6-2)14-18-9-7-8-17(12-18)13-20-16(3)29(4)22-11-10-19(15-21(20)22)33-25(26,27)28/h7-12,15,23H,5-6,13-14H2,1-4H3. The van der Waals surface area contributed by atoms with E-state index in [1.165, 1.54) is 12.1 Å².